The highest BCUT2D eigenvalue weighted by Crippen LogP contribution is 2.33. The first kappa shape index (κ1) is 13.3. The van der Waals surface area contributed by atoms with Crippen molar-refractivity contribution in [2.75, 3.05) is 5.73 Å². The van der Waals surface area contributed by atoms with Crippen molar-refractivity contribution in [1.29, 1.82) is 0 Å². The highest BCUT2D eigenvalue weighted by molar-refractivity contribution is 5.76. The molecule has 0 atom stereocenters. The van der Waals surface area contributed by atoms with Gasteiger partial charge in [0.25, 0.3) is 0 Å². The molecule has 1 aromatic carbocycles. The smallest absolute Gasteiger partial charge is 0.387 e. The monoisotopic (exact) mass is 267 g/mol. The maximum absolute atomic E-state index is 12.4. The van der Waals surface area contributed by atoms with E-state index in [9.17, 15) is 8.78 Å². The molecule has 19 heavy (non-hydrogen) atoms. The van der Waals surface area contributed by atoms with Gasteiger partial charge in [0.1, 0.15) is 11.4 Å². The van der Waals surface area contributed by atoms with Gasteiger partial charge in [-0.25, -0.2) is 0 Å². The third-order valence-corrected chi connectivity index (χ3v) is 2.60. The first-order valence-corrected chi connectivity index (χ1v) is 5.99. The Morgan fingerprint density at radius 1 is 1.37 bits per heavy atom. The quantitative estimate of drug-likeness (QED) is 0.905. The minimum Gasteiger partial charge on any atom is -0.434 e. The zero-order valence-electron chi connectivity index (χ0n) is 10.5. The Labute approximate surface area is 109 Å². The van der Waals surface area contributed by atoms with E-state index < -0.39 is 6.61 Å². The molecule has 0 spiro atoms. The highest BCUT2D eigenvalue weighted by atomic mass is 19.3. The van der Waals surface area contributed by atoms with Gasteiger partial charge in [0.2, 0.25) is 0 Å². The normalized spacial score (nSPS) is 10.9. The number of aryl methyl sites for hydroxylation is 1. The number of rotatable bonds is 5. The number of aromatic nitrogens is 2. The van der Waals surface area contributed by atoms with Crippen LogP contribution in [-0.4, -0.2) is 16.4 Å². The van der Waals surface area contributed by atoms with Gasteiger partial charge in [-0.15, -0.1) is 0 Å². The Bertz CT molecular complexity index is 555. The van der Waals surface area contributed by atoms with Gasteiger partial charge in [0.15, 0.2) is 0 Å². The Hall–Kier alpha value is -2.11. The average molecular weight is 267 g/mol. The van der Waals surface area contributed by atoms with Crippen LogP contribution in [0.4, 0.5) is 14.5 Å². The van der Waals surface area contributed by atoms with E-state index >= 15 is 0 Å². The highest BCUT2D eigenvalue weighted by Gasteiger charge is 2.15. The van der Waals surface area contributed by atoms with Crippen molar-refractivity contribution >= 4 is 5.69 Å². The Morgan fingerprint density at radius 3 is 2.79 bits per heavy atom. The van der Waals surface area contributed by atoms with E-state index in [0.29, 0.717) is 16.9 Å². The molecule has 0 saturated heterocycles. The lowest BCUT2D eigenvalue weighted by Gasteiger charge is -2.09. The number of nitrogens with zero attached hydrogens (tertiary/aromatic N) is 2. The number of anilines is 1. The van der Waals surface area contributed by atoms with Crippen molar-refractivity contribution in [3.63, 3.8) is 0 Å². The third kappa shape index (κ3) is 3.01. The largest absolute Gasteiger partial charge is 0.434 e. The zero-order chi connectivity index (χ0) is 13.8. The van der Waals surface area contributed by atoms with Crippen molar-refractivity contribution in [3.05, 3.63) is 30.5 Å². The lowest BCUT2D eigenvalue weighted by atomic mass is 10.1. The fraction of sp³-hybridized carbons (Fsp3) is 0.308. The molecule has 0 saturated carbocycles. The number of para-hydroxylation sites is 1. The average Bonchev–Trinajstić information content (AvgIpc) is 2.71. The molecular formula is C13H15F2N3O. The number of halogens is 2. The Kier molecular flexibility index (Phi) is 3.99. The summed E-state index contributed by atoms with van der Waals surface area (Å²) >= 11 is 0. The molecule has 0 aliphatic carbocycles. The maximum Gasteiger partial charge on any atom is 0.387 e. The van der Waals surface area contributed by atoms with E-state index in [4.69, 9.17) is 5.73 Å². The molecule has 0 amide bonds. The topological polar surface area (TPSA) is 53.1 Å². The molecule has 0 aliphatic rings. The van der Waals surface area contributed by atoms with Crippen LogP contribution in [0.15, 0.2) is 30.5 Å². The van der Waals surface area contributed by atoms with E-state index in [1.54, 1.807) is 29.1 Å². The fourth-order valence-electron chi connectivity index (χ4n) is 1.85. The molecule has 0 aliphatic heterocycles. The molecule has 1 heterocycles. The lowest BCUT2D eigenvalue weighted by molar-refractivity contribution is -0.0494. The van der Waals surface area contributed by atoms with Crippen LogP contribution in [0.25, 0.3) is 11.3 Å². The predicted molar refractivity (Wildman–Crippen MR) is 69.0 cm³/mol. The number of nitrogen functional groups attached to an aromatic ring is 1. The van der Waals surface area contributed by atoms with Crippen LogP contribution in [-0.2, 0) is 6.54 Å². The standard InChI is InChI=1S/C13H15F2N3O/c1-2-7-18-8-10(16)12(17-18)9-5-3-4-6-11(9)19-13(14)15/h3-6,8,13H,2,7,16H2,1H3. The molecule has 2 N–H and O–H groups in total. The molecule has 102 valence electrons. The number of benzene rings is 1. The number of hydrogen-bond acceptors (Lipinski definition) is 3. The van der Waals surface area contributed by atoms with Crippen LogP contribution < -0.4 is 10.5 Å². The molecular weight excluding hydrogens is 252 g/mol. The Morgan fingerprint density at radius 2 is 2.11 bits per heavy atom. The van der Waals surface area contributed by atoms with E-state index in [1.165, 1.54) is 6.07 Å². The van der Waals surface area contributed by atoms with E-state index in [-0.39, 0.29) is 5.75 Å². The van der Waals surface area contributed by atoms with Gasteiger partial charge in [-0.2, -0.15) is 13.9 Å². The third-order valence-electron chi connectivity index (χ3n) is 2.60. The summed E-state index contributed by atoms with van der Waals surface area (Å²) in [5, 5.41) is 4.30. The number of nitrogens with two attached hydrogens (primary N) is 1. The molecule has 0 radical (unpaired) electrons. The number of hydrogen-bond donors (Lipinski definition) is 1. The molecule has 1 aromatic heterocycles. The molecule has 0 fully saturated rings. The number of ether oxygens (including phenoxy) is 1. The lowest BCUT2D eigenvalue weighted by Crippen LogP contribution is -2.03. The molecule has 6 heteroatoms. The van der Waals surface area contributed by atoms with Crippen LogP contribution >= 0.6 is 0 Å². The minimum absolute atomic E-state index is 0.0750. The number of alkyl halides is 2. The summed E-state index contributed by atoms with van der Waals surface area (Å²) in [7, 11) is 0. The van der Waals surface area contributed by atoms with Crippen molar-refractivity contribution < 1.29 is 13.5 Å². The second-order valence-electron chi connectivity index (χ2n) is 4.07. The SMILES string of the molecule is CCCn1cc(N)c(-c2ccccc2OC(F)F)n1. The summed E-state index contributed by atoms with van der Waals surface area (Å²) in [4.78, 5) is 0. The van der Waals surface area contributed by atoms with E-state index in [2.05, 4.69) is 9.84 Å². The van der Waals surface area contributed by atoms with E-state index in [1.807, 2.05) is 6.92 Å². The van der Waals surface area contributed by atoms with Crippen molar-refractivity contribution in [2.45, 2.75) is 26.5 Å². The van der Waals surface area contributed by atoms with Crippen LogP contribution in [0.1, 0.15) is 13.3 Å². The first-order chi connectivity index (χ1) is 9.11. The molecule has 4 nitrogen and oxygen atoms in total. The van der Waals surface area contributed by atoms with Crippen LogP contribution in [0, 0.1) is 0 Å². The van der Waals surface area contributed by atoms with Gasteiger partial charge in [0, 0.05) is 18.3 Å². The summed E-state index contributed by atoms with van der Waals surface area (Å²) in [5.74, 6) is 0.0750. The fourth-order valence-corrected chi connectivity index (χ4v) is 1.85. The summed E-state index contributed by atoms with van der Waals surface area (Å²) in [6.07, 6.45) is 2.60. The van der Waals surface area contributed by atoms with Crippen molar-refractivity contribution in [3.8, 4) is 17.0 Å². The summed E-state index contributed by atoms with van der Waals surface area (Å²) in [5.41, 5.74) is 7.25. The van der Waals surface area contributed by atoms with Crippen LogP contribution in [0.2, 0.25) is 0 Å². The summed E-state index contributed by atoms with van der Waals surface area (Å²) in [6.45, 7) is -0.131. The Balaban J connectivity index is 2.40. The van der Waals surface area contributed by atoms with Gasteiger partial charge in [-0.1, -0.05) is 19.1 Å². The predicted octanol–water partition coefficient (Wildman–Crippen LogP) is 3.14. The van der Waals surface area contributed by atoms with Gasteiger partial charge in [0.05, 0.1) is 5.69 Å². The van der Waals surface area contributed by atoms with Crippen molar-refractivity contribution in [2.24, 2.45) is 0 Å². The van der Waals surface area contributed by atoms with Crippen molar-refractivity contribution in [1.82, 2.24) is 9.78 Å². The van der Waals surface area contributed by atoms with Gasteiger partial charge in [-0.05, 0) is 18.6 Å². The van der Waals surface area contributed by atoms with Gasteiger partial charge >= 0.3 is 6.61 Å². The second-order valence-corrected chi connectivity index (χ2v) is 4.07. The summed E-state index contributed by atoms with van der Waals surface area (Å²) < 4.78 is 30.9. The van der Waals surface area contributed by atoms with Gasteiger partial charge in [-0.3, -0.25) is 4.68 Å². The summed E-state index contributed by atoms with van der Waals surface area (Å²) in [6, 6.07) is 6.48. The first-order valence-electron chi connectivity index (χ1n) is 5.99. The maximum atomic E-state index is 12.4. The van der Waals surface area contributed by atoms with Crippen LogP contribution in [0.5, 0.6) is 5.75 Å². The second kappa shape index (κ2) is 5.69. The zero-order valence-corrected chi connectivity index (χ0v) is 10.5. The minimum atomic E-state index is -2.87. The van der Waals surface area contributed by atoms with E-state index in [0.717, 1.165) is 13.0 Å². The molecule has 0 unspecified atom stereocenters. The van der Waals surface area contributed by atoms with Gasteiger partial charge < -0.3 is 10.5 Å². The van der Waals surface area contributed by atoms with Crippen LogP contribution in [0.3, 0.4) is 0 Å². The molecule has 0 bridgehead atoms. The molecule has 2 aromatic rings. The molecule has 2 rings (SSSR count).